The summed E-state index contributed by atoms with van der Waals surface area (Å²) >= 11 is 1.67. The van der Waals surface area contributed by atoms with Crippen molar-refractivity contribution in [3.05, 3.63) is 18.5 Å². The minimum atomic E-state index is 1.15. The Labute approximate surface area is 52.3 Å². The van der Waals surface area contributed by atoms with Crippen LogP contribution in [-0.2, 0) is 0 Å². The van der Waals surface area contributed by atoms with Crippen molar-refractivity contribution in [1.82, 2.24) is 10.2 Å². The minimum Gasteiger partial charge on any atom is -0.159 e. The molecule has 0 fully saturated rings. The molecule has 0 N–H and O–H groups in total. The van der Waals surface area contributed by atoms with Crippen LogP contribution in [0.4, 0.5) is 0 Å². The van der Waals surface area contributed by atoms with E-state index < -0.39 is 0 Å². The van der Waals surface area contributed by atoms with Crippen LogP contribution in [0.2, 0.25) is 0 Å². The number of aromatic nitrogens is 2. The molecule has 0 radical (unpaired) electrons. The molecule has 0 aliphatic carbocycles. The van der Waals surface area contributed by atoms with Crippen molar-refractivity contribution < 1.29 is 0 Å². The lowest BCUT2D eigenvalue weighted by Gasteiger charge is -1.87. The van der Waals surface area contributed by atoms with Crippen LogP contribution in [0.5, 0.6) is 0 Å². The molecular weight excluding hydrogens is 120 g/mol. The van der Waals surface area contributed by atoms with E-state index in [1.807, 2.05) is 12.3 Å². The average Bonchev–Trinajstić information content (AvgIpc) is 1.90. The first kappa shape index (κ1) is 5.56. The Kier molecular flexibility index (Phi) is 1.86. The number of hydrogen-bond acceptors (Lipinski definition) is 3. The van der Waals surface area contributed by atoms with Crippen molar-refractivity contribution in [3.8, 4) is 0 Å². The molecule has 0 amide bonds. The molecule has 1 heterocycles. The quantitative estimate of drug-likeness (QED) is 0.529. The summed E-state index contributed by atoms with van der Waals surface area (Å²) in [6, 6.07) is 1.93. The van der Waals surface area contributed by atoms with Gasteiger partial charge in [-0.1, -0.05) is 0 Å². The molecule has 0 atom stereocenters. The molecule has 0 spiro atoms. The zero-order valence-electron chi connectivity index (χ0n) is 4.53. The Morgan fingerprint density at radius 3 is 2.75 bits per heavy atom. The van der Waals surface area contributed by atoms with Crippen LogP contribution < -0.4 is 0 Å². The Morgan fingerprint density at radius 2 is 2.38 bits per heavy atom. The van der Waals surface area contributed by atoms with Gasteiger partial charge in [-0.15, -0.1) is 11.8 Å². The second-order valence-corrected chi connectivity index (χ2v) is 2.16. The Hall–Kier alpha value is -0.570. The first-order valence-corrected chi connectivity index (χ1v) is 3.46. The lowest BCUT2D eigenvalue weighted by Crippen LogP contribution is -1.76. The van der Waals surface area contributed by atoms with E-state index in [4.69, 9.17) is 0 Å². The van der Waals surface area contributed by atoms with Gasteiger partial charge in [-0.2, -0.15) is 10.2 Å². The van der Waals surface area contributed by atoms with Crippen LogP contribution in [0, 0.1) is 0 Å². The number of thioether (sulfide) groups is 1. The number of rotatable bonds is 1. The van der Waals surface area contributed by atoms with Crippen molar-refractivity contribution in [3.63, 3.8) is 0 Å². The van der Waals surface area contributed by atoms with Gasteiger partial charge in [0.05, 0.1) is 12.4 Å². The third-order valence-corrected chi connectivity index (χ3v) is 1.51. The Balaban J connectivity index is 2.83. The monoisotopic (exact) mass is 126 g/mol. The van der Waals surface area contributed by atoms with Crippen LogP contribution in [0.3, 0.4) is 0 Å². The summed E-state index contributed by atoms with van der Waals surface area (Å²) in [5, 5.41) is 7.31. The molecule has 0 unspecified atom stereocenters. The number of nitrogens with zero attached hydrogens (tertiary/aromatic N) is 2. The first-order valence-electron chi connectivity index (χ1n) is 2.24. The van der Waals surface area contributed by atoms with Gasteiger partial charge in [0.25, 0.3) is 0 Å². The third-order valence-electron chi connectivity index (χ3n) is 0.793. The van der Waals surface area contributed by atoms with E-state index in [9.17, 15) is 0 Å². The van der Waals surface area contributed by atoms with E-state index in [1.54, 1.807) is 24.2 Å². The maximum absolute atomic E-state index is 3.68. The zero-order chi connectivity index (χ0) is 5.82. The van der Waals surface area contributed by atoms with Crippen LogP contribution in [-0.4, -0.2) is 16.5 Å². The smallest absolute Gasteiger partial charge is 0.0632 e. The maximum Gasteiger partial charge on any atom is 0.0632 e. The van der Waals surface area contributed by atoms with Crippen LogP contribution in [0.15, 0.2) is 23.4 Å². The summed E-state index contributed by atoms with van der Waals surface area (Å²) in [6.07, 6.45) is 5.44. The molecule has 1 aromatic rings. The Bertz CT molecular complexity index is 152. The molecule has 0 saturated carbocycles. The van der Waals surface area contributed by atoms with Gasteiger partial charge in [0.15, 0.2) is 0 Å². The van der Waals surface area contributed by atoms with E-state index in [-0.39, 0.29) is 0 Å². The fourth-order valence-electron chi connectivity index (χ4n) is 0.399. The molecule has 1 aromatic heterocycles. The van der Waals surface area contributed by atoms with E-state index >= 15 is 0 Å². The van der Waals surface area contributed by atoms with E-state index in [2.05, 4.69) is 10.2 Å². The van der Waals surface area contributed by atoms with Gasteiger partial charge in [-0.05, 0) is 12.3 Å². The topological polar surface area (TPSA) is 25.8 Å². The molecule has 0 bridgehead atoms. The zero-order valence-corrected chi connectivity index (χ0v) is 5.35. The number of hydrogen-bond donors (Lipinski definition) is 0. The van der Waals surface area contributed by atoms with Crippen molar-refractivity contribution in [2.45, 2.75) is 4.90 Å². The van der Waals surface area contributed by atoms with E-state index in [0.29, 0.717) is 0 Å². The van der Waals surface area contributed by atoms with Gasteiger partial charge in [0, 0.05) is 4.90 Å². The van der Waals surface area contributed by atoms with E-state index in [1.165, 1.54) is 0 Å². The largest absolute Gasteiger partial charge is 0.159 e. The van der Waals surface area contributed by atoms with Crippen LogP contribution in [0.25, 0.3) is 0 Å². The highest BCUT2D eigenvalue weighted by Crippen LogP contribution is 2.08. The highest BCUT2D eigenvalue weighted by Gasteiger charge is 1.82. The first-order chi connectivity index (χ1) is 3.93. The third kappa shape index (κ3) is 1.20. The van der Waals surface area contributed by atoms with Crippen molar-refractivity contribution in [2.75, 3.05) is 6.26 Å². The standard InChI is InChI=1S/C5H6N2S/c1-8-5-2-3-6-7-4-5/h2-4H,1H3. The molecule has 0 aromatic carbocycles. The highest BCUT2D eigenvalue weighted by molar-refractivity contribution is 7.98. The molecule has 2 nitrogen and oxygen atoms in total. The lowest BCUT2D eigenvalue weighted by atomic mass is 10.6. The molecule has 42 valence electrons. The average molecular weight is 126 g/mol. The van der Waals surface area contributed by atoms with Gasteiger partial charge in [-0.25, -0.2) is 0 Å². The van der Waals surface area contributed by atoms with Gasteiger partial charge in [-0.3, -0.25) is 0 Å². The molecule has 0 aliphatic rings. The molecule has 0 saturated heterocycles. The molecule has 1 rings (SSSR count). The maximum atomic E-state index is 3.68. The normalized spacial score (nSPS) is 9.12. The molecule has 8 heavy (non-hydrogen) atoms. The van der Waals surface area contributed by atoms with E-state index in [0.717, 1.165) is 4.90 Å². The second-order valence-electron chi connectivity index (χ2n) is 1.28. The molecular formula is C5H6N2S. The van der Waals surface area contributed by atoms with Gasteiger partial charge >= 0.3 is 0 Å². The Morgan fingerprint density at radius 1 is 1.50 bits per heavy atom. The van der Waals surface area contributed by atoms with Crippen LogP contribution >= 0.6 is 11.8 Å². The summed E-state index contributed by atoms with van der Waals surface area (Å²) in [6.45, 7) is 0. The summed E-state index contributed by atoms with van der Waals surface area (Å²) < 4.78 is 0. The fourth-order valence-corrected chi connectivity index (χ4v) is 0.749. The summed E-state index contributed by atoms with van der Waals surface area (Å²) in [4.78, 5) is 1.15. The SMILES string of the molecule is CSc1ccnnc1. The predicted octanol–water partition coefficient (Wildman–Crippen LogP) is 1.20. The van der Waals surface area contributed by atoms with Gasteiger partial charge in [0.2, 0.25) is 0 Å². The minimum absolute atomic E-state index is 1.15. The lowest BCUT2D eigenvalue weighted by molar-refractivity contribution is 0.997. The van der Waals surface area contributed by atoms with Gasteiger partial charge in [0.1, 0.15) is 0 Å². The van der Waals surface area contributed by atoms with Crippen molar-refractivity contribution in [1.29, 1.82) is 0 Å². The van der Waals surface area contributed by atoms with Crippen molar-refractivity contribution in [2.24, 2.45) is 0 Å². The summed E-state index contributed by atoms with van der Waals surface area (Å²) in [7, 11) is 0. The van der Waals surface area contributed by atoms with Gasteiger partial charge < -0.3 is 0 Å². The fraction of sp³-hybridized carbons (Fsp3) is 0.200. The molecule has 3 heteroatoms. The van der Waals surface area contributed by atoms with Crippen molar-refractivity contribution >= 4 is 11.8 Å². The summed E-state index contributed by atoms with van der Waals surface area (Å²) in [5.74, 6) is 0. The summed E-state index contributed by atoms with van der Waals surface area (Å²) in [5.41, 5.74) is 0. The predicted molar refractivity (Wildman–Crippen MR) is 33.8 cm³/mol. The van der Waals surface area contributed by atoms with Crippen LogP contribution in [0.1, 0.15) is 0 Å². The highest BCUT2D eigenvalue weighted by atomic mass is 32.2. The second kappa shape index (κ2) is 2.67. The molecule has 0 aliphatic heterocycles.